The average Bonchev–Trinajstić information content (AvgIpc) is 3.03. The molecule has 1 aliphatic rings. The van der Waals surface area contributed by atoms with Crippen LogP contribution in [-0.2, 0) is 16.2 Å². The summed E-state index contributed by atoms with van der Waals surface area (Å²) >= 11 is 0. The van der Waals surface area contributed by atoms with Crippen LogP contribution in [0.3, 0.4) is 0 Å². The fourth-order valence-corrected chi connectivity index (χ4v) is 4.71. The number of carbonyl (C=O) groups is 1. The van der Waals surface area contributed by atoms with Gasteiger partial charge in [-0.25, -0.2) is 17.6 Å². The first-order valence-corrected chi connectivity index (χ1v) is 11.5. The number of hydrogen-bond acceptors (Lipinski definition) is 3. The van der Waals surface area contributed by atoms with Gasteiger partial charge in [0.2, 0.25) is 10.0 Å². The van der Waals surface area contributed by atoms with Crippen molar-refractivity contribution in [1.82, 2.24) is 14.5 Å². The zero-order valence-corrected chi connectivity index (χ0v) is 18.2. The Morgan fingerprint density at radius 1 is 1.03 bits per heavy atom. The number of halogens is 4. The number of nitrogens with one attached hydrogen (secondary N) is 1. The van der Waals surface area contributed by atoms with E-state index in [1.54, 1.807) is 0 Å². The second kappa shape index (κ2) is 10.2. The Balaban J connectivity index is 1.54. The van der Waals surface area contributed by atoms with Gasteiger partial charge in [-0.15, -0.1) is 0 Å². The van der Waals surface area contributed by atoms with Crippen LogP contribution in [0, 0.1) is 17.7 Å². The molecular weight excluding hydrogens is 462 g/mol. The summed E-state index contributed by atoms with van der Waals surface area (Å²) in [7, 11) is -3.81. The summed E-state index contributed by atoms with van der Waals surface area (Å²) in [5.41, 5.74) is -0.626. The van der Waals surface area contributed by atoms with Gasteiger partial charge < -0.3 is 10.2 Å². The van der Waals surface area contributed by atoms with Gasteiger partial charge in [0.25, 0.3) is 0 Å². The zero-order valence-electron chi connectivity index (χ0n) is 17.4. The molecular formula is C22H21F4N3O3S. The number of urea groups is 1. The van der Waals surface area contributed by atoms with Crippen molar-refractivity contribution in [3.63, 3.8) is 0 Å². The van der Waals surface area contributed by atoms with Crippen LogP contribution in [0.4, 0.5) is 22.4 Å². The molecule has 0 radical (unpaired) electrons. The highest BCUT2D eigenvalue weighted by Gasteiger charge is 2.30. The molecule has 0 saturated carbocycles. The van der Waals surface area contributed by atoms with E-state index in [0.717, 1.165) is 24.3 Å². The highest BCUT2D eigenvalue weighted by atomic mass is 32.2. The molecule has 33 heavy (non-hydrogen) atoms. The van der Waals surface area contributed by atoms with Crippen LogP contribution >= 0.6 is 0 Å². The van der Waals surface area contributed by atoms with Crippen molar-refractivity contribution >= 4 is 16.1 Å². The predicted octanol–water partition coefficient (Wildman–Crippen LogP) is 3.30. The quantitative estimate of drug-likeness (QED) is 0.538. The van der Waals surface area contributed by atoms with Crippen LogP contribution in [0.1, 0.15) is 17.5 Å². The van der Waals surface area contributed by atoms with E-state index in [1.165, 1.54) is 33.5 Å². The lowest BCUT2D eigenvalue weighted by Gasteiger charge is -2.22. The molecule has 0 aliphatic carbocycles. The lowest BCUT2D eigenvalue weighted by atomic mass is 10.1. The van der Waals surface area contributed by atoms with Crippen LogP contribution in [0.15, 0.2) is 53.4 Å². The maximum atomic E-state index is 13.1. The van der Waals surface area contributed by atoms with E-state index >= 15 is 0 Å². The van der Waals surface area contributed by atoms with Gasteiger partial charge in [0.1, 0.15) is 5.82 Å². The molecule has 1 heterocycles. The van der Waals surface area contributed by atoms with Gasteiger partial charge in [-0.2, -0.15) is 17.5 Å². The van der Waals surface area contributed by atoms with Crippen molar-refractivity contribution in [1.29, 1.82) is 0 Å². The largest absolute Gasteiger partial charge is 0.416 e. The van der Waals surface area contributed by atoms with Gasteiger partial charge >= 0.3 is 12.2 Å². The molecule has 2 amide bonds. The molecule has 2 aromatic carbocycles. The Hall–Kier alpha value is -3.10. The molecule has 2 aromatic rings. The number of amides is 2. The summed E-state index contributed by atoms with van der Waals surface area (Å²) in [5, 5.41) is 2.57. The molecule has 1 saturated heterocycles. The summed E-state index contributed by atoms with van der Waals surface area (Å²) < 4.78 is 78.1. The maximum absolute atomic E-state index is 13.1. The molecule has 0 unspecified atom stereocenters. The topological polar surface area (TPSA) is 69.7 Å². The lowest BCUT2D eigenvalue weighted by molar-refractivity contribution is -0.137. The monoisotopic (exact) mass is 483 g/mol. The third kappa shape index (κ3) is 6.46. The fraction of sp³-hybridized carbons (Fsp3) is 0.318. The van der Waals surface area contributed by atoms with E-state index in [4.69, 9.17) is 0 Å². The lowest BCUT2D eigenvalue weighted by Crippen LogP contribution is -2.42. The smallest absolute Gasteiger partial charge is 0.327 e. The van der Waals surface area contributed by atoms with Gasteiger partial charge in [-0.3, -0.25) is 0 Å². The number of benzene rings is 2. The molecule has 0 aromatic heterocycles. The molecule has 6 nitrogen and oxygen atoms in total. The van der Waals surface area contributed by atoms with Gasteiger partial charge in [0.05, 0.1) is 17.0 Å². The average molecular weight is 483 g/mol. The zero-order chi connectivity index (χ0) is 24.1. The Bertz CT molecular complexity index is 1160. The molecule has 0 spiro atoms. The molecule has 1 N–H and O–H groups in total. The van der Waals surface area contributed by atoms with Gasteiger partial charge in [-0.1, -0.05) is 17.9 Å². The van der Waals surface area contributed by atoms with E-state index in [1.807, 2.05) is 0 Å². The third-order valence-electron chi connectivity index (χ3n) is 4.94. The second-order valence-corrected chi connectivity index (χ2v) is 9.18. The van der Waals surface area contributed by atoms with Crippen molar-refractivity contribution in [2.75, 3.05) is 32.7 Å². The summed E-state index contributed by atoms with van der Waals surface area (Å²) in [5.74, 6) is 4.65. The molecule has 0 bridgehead atoms. The predicted molar refractivity (Wildman–Crippen MR) is 113 cm³/mol. The SMILES string of the molecule is O=C(NCC#Cc1cccc(C(F)(F)F)c1)N1CCCN(S(=O)(=O)c2ccc(F)cc2)CC1. The maximum Gasteiger partial charge on any atom is 0.416 e. The van der Waals surface area contributed by atoms with E-state index in [-0.39, 0.29) is 36.6 Å². The van der Waals surface area contributed by atoms with Gasteiger partial charge in [0.15, 0.2) is 0 Å². The molecule has 1 fully saturated rings. The first kappa shape index (κ1) is 24.5. The number of rotatable bonds is 3. The Labute approximate surface area is 189 Å². The van der Waals surface area contributed by atoms with Crippen LogP contribution in [0.25, 0.3) is 0 Å². The molecule has 0 atom stereocenters. The first-order valence-electron chi connectivity index (χ1n) is 10.0. The number of carbonyl (C=O) groups excluding carboxylic acids is 1. The van der Waals surface area contributed by atoms with Crippen molar-refractivity contribution in [3.05, 3.63) is 65.5 Å². The highest BCUT2D eigenvalue weighted by Crippen LogP contribution is 2.29. The second-order valence-electron chi connectivity index (χ2n) is 7.24. The summed E-state index contributed by atoms with van der Waals surface area (Å²) in [6.45, 7) is 0.667. The molecule has 11 heteroatoms. The van der Waals surface area contributed by atoms with Crippen molar-refractivity contribution in [2.24, 2.45) is 0 Å². The molecule has 3 rings (SSSR count). The van der Waals surface area contributed by atoms with Gasteiger partial charge in [-0.05, 0) is 48.9 Å². The minimum absolute atomic E-state index is 0.0216. The fourth-order valence-electron chi connectivity index (χ4n) is 3.24. The minimum Gasteiger partial charge on any atom is -0.327 e. The highest BCUT2D eigenvalue weighted by molar-refractivity contribution is 7.89. The Morgan fingerprint density at radius 2 is 1.76 bits per heavy atom. The molecule has 1 aliphatic heterocycles. The normalized spacial score (nSPS) is 15.3. The Kier molecular flexibility index (Phi) is 7.61. The van der Waals surface area contributed by atoms with E-state index in [2.05, 4.69) is 17.2 Å². The summed E-state index contributed by atoms with van der Waals surface area (Å²) in [4.78, 5) is 13.8. The third-order valence-corrected chi connectivity index (χ3v) is 6.86. The van der Waals surface area contributed by atoms with Crippen LogP contribution in [-0.4, -0.2) is 56.4 Å². The van der Waals surface area contributed by atoms with Crippen molar-refractivity contribution < 1.29 is 30.8 Å². The number of alkyl halides is 3. The van der Waals surface area contributed by atoms with Crippen molar-refractivity contribution in [3.8, 4) is 11.8 Å². The summed E-state index contributed by atoms with van der Waals surface area (Å²) in [6.07, 6.45) is -4.06. The van der Waals surface area contributed by atoms with Crippen LogP contribution in [0.2, 0.25) is 0 Å². The number of nitrogens with zero attached hydrogens (tertiary/aromatic N) is 2. The number of sulfonamides is 1. The van der Waals surface area contributed by atoms with Gasteiger partial charge in [0, 0.05) is 31.7 Å². The summed E-state index contributed by atoms with van der Waals surface area (Å²) in [6, 6.07) is 8.67. The Morgan fingerprint density at radius 3 is 2.45 bits per heavy atom. The van der Waals surface area contributed by atoms with E-state index in [0.29, 0.717) is 13.0 Å². The minimum atomic E-state index is -4.46. The molecule has 176 valence electrons. The standard InChI is InChI=1S/C22H21F4N3O3S/c23-19-7-9-20(10-8-19)33(31,32)29-13-3-12-28(14-15-29)21(30)27-11-2-5-17-4-1-6-18(16-17)22(24,25)26/h1,4,6-10,16H,3,11-15H2,(H,27,30). The van der Waals surface area contributed by atoms with E-state index < -0.39 is 33.6 Å². The number of hydrogen-bond donors (Lipinski definition) is 1. The van der Waals surface area contributed by atoms with Crippen LogP contribution in [0.5, 0.6) is 0 Å². The van der Waals surface area contributed by atoms with E-state index in [9.17, 15) is 30.8 Å². The first-order chi connectivity index (χ1) is 15.6. The van der Waals surface area contributed by atoms with Crippen molar-refractivity contribution in [2.45, 2.75) is 17.5 Å². The van der Waals surface area contributed by atoms with Crippen LogP contribution < -0.4 is 5.32 Å².